The highest BCUT2D eigenvalue weighted by Crippen LogP contribution is 2.20. The van der Waals surface area contributed by atoms with Gasteiger partial charge in [0.2, 0.25) is 15.9 Å². The van der Waals surface area contributed by atoms with Gasteiger partial charge in [-0.1, -0.05) is 17.7 Å². The van der Waals surface area contributed by atoms with Crippen LogP contribution in [0.25, 0.3) is 0 Å². The van der Waals surface area contributed by atoms with Crippen LogP contribution in [-0.4, -0.2) is 38.5 Å². The maximum absolute atomic E-state index is 12.5. The van der Waals surface area contributed by atoms with Crippen molar-refractivity contribution in [2.45, 2.75) is 16.7 Å². The van der Waals surface area contributed by atoms with Crippen LogP contribution in [0.2, 0.25) is 0 Å². The molecule has 2 aromatic carbocycles. The topological polar surface area (TPSA) is 66.5 Å². The minimum absolute atomic E-state index is 0.172. The molecule has 0 aliphatic carbocycles. The van der Waals surface area contributed by atoms with Crippen molar-refractivity contribution in [1.82, 2.24) is 4.31 Å². The second-order valence-corrected chi connectivity index (χ2v) is 8.28. The lowest BCUT2D eigenvalue weighted by atomic mass is 10.2. The predicted molar refractivity (Wildman–Crippen MR) is 97.8 cm³/mol. The summed E-state index contributed by atoms with van der Waals surface area (Å²) >= 11 is 1.54. The summed E-state index contributed by atoms with van der Waals surface area (Å²) in [6.45, 7) is 1.70. The van der Waals surface area contributed by atoms with Gasteiger partial charge in [-0.25, -0.2) is 8.42 Å². The second-order valence-electron chi connectivity index (χ2n) is 5.35. The zero-order valence-electron chi connectivity index (χ0n) is 13.8. The van der Waals surface area contributed by atoms with Crippen molar-refractivity contribution in [2.75, 3.05) is 25.2 Å². The van der Waals surface area contributed by atoms with Crippen LogP contribution in [0.15, 0.2) is 58.3 Å². The molecular weight excluding hydrogens is 344 g/mol. The zero-order valence-corrected chi connectivity index (χ0v) is 15.4. The van der Waals surface area contributed by atoms with E-state index >= 15 is 0 Å². The van der Waals surface area contributed by atoms with E-state index in [1.165, 1.54) is 18.8 Å². The van der Waals surface area contributed by atoms with Crippen molar-refractivity contribution in [3.8, 4) is 0 Å². The molecule has 0 saturated heterocycles. The van der Waals surface area contributed by atoms with Crippen LogP contribution in [0.5, 0.6) is 0 Å². The summed E-state index contributed by atoms with van der Waals surface area (Å²) in [5.74, 6) is -0.384. The van der Waals surface area contributed by atoms with E-state index in [9.17, 15) is 13.2 Å². The number of carbonyl (C=O) groups is 1. The lowest BCUT2D eigenvalue weighted by Crippen LogP contribution is -2.34. The van der Waals surface area contributed by atoms with Crippen molar-refractivity contribution in [3.05, 3.63) is 54.1 Å². The van der Waals surface area contributed by atoms with Crippen molar-refractivity contribution >= 4 is 33.4 Å². The number of carbonyl (C=O) groups excluding carboxylic acids is 1. The summed E-state index contributed by atoms with van der Waals surface area (Å²) in [6, 6.07) is 13.9. The minimum atomic E-state index is -3.69. The first-order valence-corrected chi connectivity index (χ1v) is 9.96. The van der Waals surface area contributed by atoms with Gasteiger partial charge in [0.05, 0.1) is 11.4 Å². The Balaban J connectivity index is 2.05. The first-order chi connectivity index (χ1) is 11.3. The molecule has 1 N–H and O–H groups in total. The van der Waals surface area contributed by atoms with E-state index in [4.69, 9.17) is 0 Å². The Hall–Kier alpha value is -1.83. The predicted octanol–water partition coefficient (Wildman–Crippen LogP) is 2.98. The number of benzene rings is 2. The van der Waals surface area contributed by atoms with Gasteiger partial charge in [-0.3, -0.25) is 4.79 Å². The van der Waals surface area contributed by atoms with Gasteiger partial charge in [0.1, 0.15) is 0 Å². The standard InChI is InChI=1S/C17H20N2O3S2/c1-13-4-6-14(7-5-13)18-17(20)12-19(2)24(21,22)16-10-8-15(23-3)9-11-16/h4-11H,12H2,1-3H3,(H,18,20). The molecule has 0 bridgehead atoms. The summed E-state index contributed by atoms with van der Waals surface area (Å²) in [7, 11) is -2.30. The molecule has 0 fully saturated rings. The van der Waals surface area contributed by atoms with Crippen molar-refractivity contribution < 1.29 is 13.2 Å². The van der Waals surface area contributed by atoms with Crippen molar-refractivity contribution in [1.29, 1.82) is 0 Å². The van der Waals surface area contributed by atoms with Crippen LogP contribution < -0.4 is 5.32 Å². The van der Waals surface area contributed by atoms with E-state index in [2.05, 4.69) is 5.32 Å². The number of amides is 1. The Morgan fingerprint density at radius 3 is 2.21 bits per heavy atom. The van der Waals surface area contributed by atoms with E-state index in [0.717, 1.165) is 14.8 Å². The number of aryl methyl sites for hydroxylation is 1. The fraction of sp³-hybridized carbons (Fsp3) is 0.235. The molecule has 2 aromatic rings. The molecule has 128 valence electrons. The van der Waals surface area contributed by atoms with Gasteiger partial charge in [-0.05, 0) is 49.6 Å². The normalized spacial score (nSPS) is 11.5. The van der Waals surface area contributed by atoms with Gasteiger partial charge in [-0.2, -0.15) is 4.31 Å². The third-order valence-corrected chi connectivity index (χ3v) is 6.03. The van der Waals surface area contributed by atoms with Gasteiger partial charge < -0.3 is 5.32 Å². The smallest absolute Gasteiger partial charge is 0.243 e. The quantitative estimate of drug-likeness (QED) is 0.800. The summed E-state index contributed by atoms with van der Waals surface area (Å²) in [5.41, 5.74) is 1.72. The monoisotopic (exact) mass is 364 g/mol. The molecule has 1 amide bonds. The van der Waals surface area contributed by atoms with E-state index in [-0.39, 0.29) is 17.3 Å². The molecule has 24 heavy (non-hydrogen) atoms. The fourth-order valence-electron chi connectivity index (χ4n) is 2.05. The molecule has 0 atom stereocenters. The Bertz CT molecular complexity index is 801. The van der Waals surface area contributed by atoms with Crippen LogP contribution in [-0.2, 0) is 14.8 Å². The van der Waals surface area contributed by atoms with Gasteiger partial charge in [0.15, 0.2) is 0 Å². The zero-order chi connectivity index (χ0) is 17.7. The highest BCUT2D eigenvalue weighted by molar-refractivity contribution is 7.98. The number of hydrogen-bond donors (Lipinski definition) is 1. The van der Waals surface area contributed by atoms with E-state index in [0.29, 0.717) is 5.69 Å². The molecule has 0 aromatic heterocycles. The molecule has 7 heteroatoms. The molecule has 0 radical (unpaired) electrons. The number of rotatable bonds is 6. The number of thioether (sulfide) groups is 1. The molecule has 0 aliphatic rings. The van der Waals surface area contributed by atoms with E-state index in [1.54, 1.807) is 36.4 Å². The Morgan fingerprint density at radius 2 is 1.67 bits per heavy atom. The average Bonchev–Trinajstić information content (AvgIpc) is 2.57. The number of nitrogens with one attached hydrogen (secondary N) is 1. The van der Waals surface area contributed by atoms with Gasteiger partial charge in [0, 0.05) is 17.6 Å². The average molecular weight is 364 g/mol. The maximum atomic E-state index is 12.5. The molecule has 0 saturated carbocycles. The van der Waals surface area contributed by atoms with Gasteiger partial charge >= 0.3 is 0 Å². The first kappa shape index (κ1) is 18.5. The number of hydrogen-bond acceptors (Lipinski definition) is 4. The van der Waals surface area contributed by atoms with Crippen LogP contribution in [0.3, 0.4) is 0 Å². The number of sulfonamides is 1. The number of likely N-dealkylation sites (N-methyl/N-ethyl adjacent to an activating group) is 1. The maximum Gasteiger partial charge on any atom is 0.243 e. The molecule has 0 aliphatic heterocycles. The van der Waals surface area contributed by atoms with Crippen molar-refractivity contribution in [3.63, 3.8) is 0 Å². The first-order valence-electron chi connectivity index (χ1n) is 7.30. The summed E-state index contributed by atoms with van der Waals surface area (Å²) < 4.78 is 26.1. The van der Waals surface area contributed by atoms with Crippen LogP contribution in [0, 0.1) is 6.92 Å². The molecule has 2 rings (SSSR count). The molecule has 0 heterocycles. The summed E-state index contributed by atoms with van der Waals surface area (Å²) in [6.07, 6.45) is 1.92. The minimum Gasteiger partial charge on any atom is -0.325 e. The number of anilines is 1. The highest BCUT2D eigenvalue weighted by atomic mass is 32.2. The molecule has 0 spiro atoms. The lowest BCUT2D eigenvalue weighted by molar-refractivity contribution is -0.116. The molecular formula is C17H20N2O3S2. The SMILES string of the molecule is CSc1ccc(S(=O)(=O)N(C)CC(=O)Nc2ccc(C)cc2)cc1. The van der Waals surface area contributed by atoms with Crippen LogP contribution in [0.1, 0.15) is 5.56 Å². The summed E-state index contributed by atoms with van der Waals surface area (Å²) in [4.78, 5) is 13.2. The largest absolute Gasteiger partial charge is 0.325 e. The highest BCUT2D eigenvalue weighted by Gasteiger charge is 2.22. The second kappa shape index (κ2) is 7.83. The van der Waals surface area contributed by atoms with E-state index in [1.807, 2.05) is 25.3 Å². The Kier molecular flexibility index (Phi) is 6.04. The third-order valence-electron chi connectivity index (χ3n) is 3.47. The van der Waals surface area contributed by atoms with E-state index < -0.39 is 10.0 Å². The van der Waals surface area contributed by atoms with Crippen LogP contribution in [0.4, 0.5) is 5.69 Å². The van der Waals surface area contributed by atoms with Crippen molar-refractivity contribution in [2.24, 2.45) is 0 Å². The Labute approximate surface area is 147 Å². The summed E-state index contributed by atoms with van der Waals surface area (Å²) in [5, 5.41) is 2.69. The van der Waals surface area contributed by atoms with Gasteiger partial charge in [0.25, 0.3) is 0 Å². The molecule has 5 nitrogen and oxygen atoms in total. The Morgan fingerprint density at radius 1 is 1.08 bits per heavy atom. The fourth-order valence-corrected chi connectivity index (χ4v) is 3.59. The van der Waals surface area contributed by atoms with Gasteiger partial charge in [-0.15, -0.1) is 11.8 Å². The third kappa shape index (κ3) is 4.59. The van der Waals surface area contributed by atoms with Crippen LogP contribution >= 0.6 is 11.8 Å². The molecule has 0 unspecified atom stereocenters. The lowest BCUT2D eigenvalue weighted by Gasteiger charge is -2.17. The number of nitrogens with zero attached hydrogens (tertiary/aromatic N) is 1.